The molecular weight excluding hydrogens is 352 g/mol. The van der Waals surface area contributed by atoms with Crippen LogP contribution in [0.1, 0.15) is 49.4 Å². The molecule has 1 aliphatic rings. The number of hydrogen-bond donors (Lipinski definition) is 0. The predicted octanol–water partition coefficient (Wildman–Crippen LogP) is 4.15. The molecule has 6 nitrogen and oxygen atoms in total. The number of nitrogens with zero attached hydrogens (tertiary/aromatic N) is 4. The molecule has 1 aromatic heterocycles. The van der Waals surface area contributed by atoms with Gasteiger partial charge in [-0.1, -0.05) is 49.4 Å². The van der Waals surface area contributed by atoms with Crippen molar-refractivity contribution < 1.29 is 9.53 Å². The summed E-state index contributed by atoms with van der Waals surface area (Å²) in [6.45, 7) is 2.02. The van der Waals surface area contributed by atoms with E-state index in [-0.39, 0.29) is 18.0 Å². The number of rotatable bonds is 5. The van der Waals surface area contributed by atoms with Crippen molar-refractivity contribution in [3.05, 3.63) is 72.1 Å². The van der Waals surface area contributed by atoms with Crippen LogP contribution in [-0.2, 0) is 4.79 Å². The van der Waals surface area contributed by atoms with E-state index in [0.29, 0.717) is 12.4 Å². The Bertz CT molecular complexity index is 937. The van der Waals surface area contributed by atoms with Gasteiger partial charge in [-0.25, -0.2) is 4.68 Å². The van der Waals surface area contributed by atoms with Crippen molar-refractivity contribution in [3.63, 3.8) is 0 Å². The predicted molar refractivity (Wildman–Crippen MR) is 107 cm³/mol. The zero-order valence-corrected chi connectivity index (χ0v) is 16.2. The second-order valence-corrected chi connectivity index (χ2v) is 6.97. The van der Waals surface area contributed by atoms with E-state index in [1.165, 1.54) is 6.33 Å². The molecule has 0 unspecified atom stereocenters. The minimum Gasteiger partial charge on any atom is -0.497 e. The van der Waals surface area contributed by atoms with Crippen LogP contribution in [0.4, 0.5) is 5.95 Å². The van der Waals surface area contributed by atoms with Crippen LogP contribution in [0.3, 0.4) is 0 Å². The Morgan fingerprint density at radius 2 is 1.79 bits per heavy atom. The fraction of sp³-hybridized carbons (Fsp3) is 0.318. The van der Waals surface area contributed by atoms with Crippen LogP contribution >= 0.6 is 0 Å². The number of ether oxygens (including phenoxy) is 1. The van der Waals surface area contributed by atoms with Gasteiger partial charge in [-0.15, -0.1) is 0 Å². The summed E-state index contributed by atoms with van der Waals surface area (Å²) >= 11 is 0. The molecule has 6 heteroatoms. The molecule has 0 fully saturated rings. The lowest BCUT2D eigenvalue weighted by Gasteiger charge is -2.39. The lowest BCUT2D eigenvalue weighted by Crippen LogP contribution is -2.42. The van der Waals surface area contributed by atoms with Gasteiger partial charge in [-0.05, 0) is 36.1 Å². The van der Waals surface area contributed by atoms with Gasteiger partial charge >= 0.3 is 0 Å². The summed E-state index contributed by atoms with van der Waals surface area (Å²) < 4.78 is 7.16. The Hall–Kier alpha value is -3.15. The number of hydrogen-bond acceptors (Lipinski definition) is 4. The largest absolute Gasteiger partial charge is 0.497 e. The zero-order valence-electron chi connectivity index (χ0n) is 16.2. The molecule has 0 spiro atoms. The van der Waals surface area contributed by atoms with E-state index in [9.17, 15) is 4.79 Å². The third-order valence-electron chi connectivity index (χ3n) is 5.24. The molecule has 2 aromatic carbocycles. The van der Waals surface area contributed by atoms with Crippen LogP contribution in [0.25, 0.3) is 0 Å². The number of fused-ring (bicyclic) bond motifs is 1. The van der Waals surface area contributed by atoms with Gasteiger partial charge in [0.1, 0.15) is 12.1 Å². The minimum atomic E-state index is -0.0796. The van der Waals surface area contributed by atoms with E-state index in [0.717, 1.165) is 29.7 Å². The third kappa shape index (κ3) is 3.26. The summed E-state index contributed by atoms with van der Waals surface area (Å²) in [4.78, 5) is 19.3. The van der Waals surface area contributed by atoms with E-state index in [2.05, 4.69) is 34.3 Å². The molecule has 1 aliphatic heterocycles. The van der Waals surface area contributed by atoms with Crippen molar-refractivity contribution in [2.75, 3.05) is 12.0 Å². The number of methoxy groups -OCH3 is 1. The summed E-state index contributed by atoms with van der Waals surface area (Å²) in [7, 11) is 1.66. The second kappa shape index (κ2) is 7.84. The molecule has 28 heavy (non-hydrogen) atoms. The summed E-state index contributed by atoms with van der Waals surface area (Å²) in [5.41, 5.74) is 2.23. The Morgan fingerprint density at radius 3 is 2.46 bits per heavy atom. The maximum absolute atomic E-state index is 13.0. The number of carbonyl (C=O) groups excluding carboxylic acids is 1. The van der Waals surface area contributed by atoms with Gasteiger partial charge in [0.15, 0.2) is 0 Å². The van der Waals surface area contributed by atoms with Gasteiger partial charge in [-0.3, -0.25) is 9.69 Å². The molecule has 0 saturated carbocycles. The van der Waals surface area contributed by atoms with Crippen molar-refractivity contribution in [1.29, 1.82) is 0 Å². The van der Waals surface area contributed by atoms with E-state index < -0.39 is 0 Å². The number of carbonyl (C=O) groups is 1. The first-order valence-corrected chi connectivity index (χ1v) is 9.63. The average Bonchev–Trinajstić information content (AvgIpc) is 3.23. The van der Waals surface area contributed by atoms with Crippen molar-refractivity contribution in [1.82, 2.24) is 14.8 Å². The maximum Gasteiger partial charge on any atom is 0.231 e. The lowest BCUT2D eigenvalue weighted by atomic mass is 9.91. The van der Waals surface area contributed by atoms with Crippen LogP contribution in [-0.4, -0.2) is 27.8 Å². The van der Waals surface area contributed by atoms with Crippen molar-refractivity contribution in [3.8, 4) is 5.75 Å². The summed E-state index contributed by atoms with van der Waals surface area (Å²) in [6.07, 6.45) is 3.56. The van der Waals surface area contributed by atoms with Crippen LogP contribution in [0.2, 0.25) is 0 Å². The molecule has 1 amide bonds. The highest BCUT2D eigenvalue weighted by Crippen LogP contribution is 2.42. The van der Waals surface area contributed by atoms with E-state index in [1.807, 2.05) is 46.8 Å². The molecule has 0 N–H and O–H groups in total. The molecule has 144 valence electrons. The first-order chi connectivity index (χ1) is 13.7. The van der Waals surface area contributed by atoms with Gasteiger partial charge in [-0.2, -0.15) is 10.1 Å². The molecule has 2 heterocycles. The quantitative estimate of drug-likeness (QED) is 0.671. The smallest absolute Gasteiger partial charge is 0.231 e. The SMILES string of the molecule is CCCC(=O)N1c2ncnn2[C@H](c2ccc(OC)cc2)C[C@@H]1c1ccccc1. The number of amides is 1. The Kier molecular flexibility index (Phi) is 5.10. The highest BCUT2D eigenvalue weighted by atomic mass is 16.5. The number of benzene rings is 2. The Labute approximate surface area is 164 Å². The zero-order chi connectivity index (χ0) is 19.5. The average molecular weight is 376 g/mol. The van der Waals surface area contributed by atoms with Crippen molar-refractivity contribution in [2.45, 2.75) is 38.3 Å². The van der Waals surface area contributed by atoms with Gasteiger partial charge in [0.05, 0.1) is 19.2 Å². The van der Waals surface area contributed by atoms with Gasteiger partial charge in [0.2, 0.25) is 11.9 Å². The number of anilines is 1. The standard InChI is InChI=1S/C22H24N4O2/c1-3-7-21(27)25-19(16-8-5-4-6-9-16)14-20(26-22(25)23-15-24-26)17-10-12-18(28-2)13-11-17/h4-6,8-13,15,19-20H,3,7,14H2,1-2H3/t19-,20+/m1/s1. The molecular formula is C22H24N4O2. The molecule has 2 atom stereocenters. The summed E-state index contributed by atoms with van der Waals surface area (Å²) in [5, 5.41) is 4.46. The second-order valence-electron chi connectivity index (χ2n) is 6.97. The van der Waals surface area contributed by atoms with Crippen LogP contribution < -0.4 is 9.64 Å². The van der Waals surface area contributed by atoms with E-state index in [4.69, 9.17) is 4.74 Å². The fourth-order valence-corrected chi connectivity index (χ4v) is 3.88. The monoisotopic (exact) mass is 376 g/mol. The first kappa shape index (κ1) is 18.2. The molecule has 4 rings (SSSR count). The van der Waals surface area contributed by atoms with Gasteiger partial charge in [0, 0.05) is 6.42 Å². The Morgan fingerprint density at radius 1 is 1.07 bits per heavy atom. The van der Waals surface area contributed by atoms with Crippen molar-refractivity contribution in [2.24, 2.45) is 0 Å². The minimum absolute atomic E-state index is 0.000659. The molecule has 0 bridgehead atoms. The highest BCUT2D eigenvalue weighted by Gasteiger charge is 2.38. The summed E-state index contributed by atoms with van der Waals surface area (Å²) in [6, 6.07) is 18.1. The van der Waals surface area contributed by atoms with Gasteiger partial charge in [0.25, 0.3) is 0 Å². The molecule has 3 aromatic rings. The first-order valence-electron chi connectivity index (χ1n) is 9.63. The molecule has 0 aliphatic carbocycles. The lowest BCUT2D eigenvalue weighted by molar-refractivity contribution is -0.119. The summed E-state index contributed by atoms with van der Waals surface area (Å²) in [5.74, 6) is 1.51. The number of aromatic nitrogens is 3. The van der Waals surface area contributed by atoms with Crippen LogP contribution in [0, 0.1) is 0 Å². The fourth-order valence-electron chi connectivity index (χ4n) is 3.88. The molecule has 0 radical (unpaired) electrons. The van der Waals surface area contributed by atoms with Crippen LogP contribution in [0.15, 0.2) is 60.9 Å². The van der Waals surface area contributed by atoms with Crippen LogP contribution in [0.5, 0.6) is 5.75 Å². The highest BCUT2D eigenvalue weighted by molar-refractivity contribution is 5.92. The Balaban J connectivity index is 1.79. The van der Waals surface area contributed by atoms with E-state index in [1.54, 1.807) is 7.11 Å². The molecule has 0 saturated heterocycles. The maximum atomic E-state index is 13.0. The van der Waals surface area contributed by atoms with E-state index >= 15 is 0 Å². The normalized spacial score (nSPS) is 18.6. The third-order valence-corrected chi connectivity index (χ3v) is 5.24. The van der Waals surface area contributed by atoms with Crippen molar-refractivity contribution >= 4 is 11.9 Å². The topological polar surface area (TPSA) is 60.2 Å². The van der Waals surface area contributed by atoms with Gasteiger partial charge < -0.3 is 4.74 Å².